The zero-order chi connectivity index (χ0) is 17.5. The molecular weight excluding hydrogens is 312 g/mol. The quantitative estimate of drug-likeness (QED) is 0.499. The molecule has 0 spiro atoms. The lowest BCUT2D eigenvalue weighted by Crippen LogP contribution is -2.30. The summed E-state index contributed by atoms with van der Waals surface area (Å²) in [6, 6.07) is 12.8. The van der Waals surface area contributed by atoms with Gasteiger partial charge in [-0.3, -0.25) is 19.7 Å². The number of nitrogens with zero attached hydrogens (tertiary/aromatic N) is 1. The Morgan fingerprint density at radius 3 is 2.54 bits per heavy atom. The summed E-state index contributed by atoms with van der Waals surface area (Å²) in [5, 5.41) is 13.1. The second-order valence-electron chi connectivity index (χ2n) is 5.14. The van der Waals surface area contributed by atoms with Crippen molar-refractivity contribution in [2.45, 2.75) is 13.5 Å². The van der Waals surface area contributed by atoms with Crippen molar-refractivity contribution in [2.24, 2.45) is 0 Å². The predicted molar refractivity (Wildman–Crippen MR) is 86.4 cm³/mol. The SMILES string of the molecule is Cc1ccc(C(=O)NCC(=O)OCc2cccc([N+](=O)[O-])c2)cc1. The number of amides is 1. The Balaban J connectivity index is 1.81. The number of non-ortho nitro benzene ring substituents is 1. The highest BCUT2D eigenvalue weighted by atomic mass is 16.6. The molecule has 0 bridgehead atoms. The largest absolute Gasteiger partial charge is 0.459 e. The van der Waals surface area contributed by atoms with Gasteiger partial charge in [-0.25, -0.2) is 0 Å². The molecule has 7 nitrogen and oxygen atoms in total. The number of ether oxygens (including phenoxy) is 1. The first-order valence-electron chi connectivity index (χ1n) is 7.19. The third-order valence-electron chi connectivity index (χ3n) is 3.23. The monoisotopic (exact) mass is 328 g/mol. The van der Waals surface area contributed by atoms with Gasteiger partial charge in [0, 0.05) is 17.7 Å². The van der Waals surface area contributed by atoms with Crippen LogP contribution in [-0.4, -0.2) is 23.3 Å². The van der Waals surface area contributed by atoms with Gasteiger partial charge in [0.05, 0.1) is 4.92 Å². The summed E-state index contributed by atoms with van der Waals surface area (Å²) in [4.78, 5) is 33.7. The number of hydrogen-bond donors (Lipinski definition) is 1. The molecule has 0 atom stereocenters. The van der Waals surface area contributed by atoms with Crippen LogP contribution >= 0.6 is 0 Å². The standard InChI is InChI=1S/C17H16N2O5/c1-12-5-7-14(8-6-12)17(21)18-10-16(20)24-11-13-3-2-4-15(9-13)19(22)23/h2-9H,10-11H2,1H3,(H,18,21). The molecule has 124 valence electrons. The molecule has 7 heteroatoms. The summed E-state index contributed by atoms with van der Waals surface area (Å²) >= 11 is 0. The highest BCUT2D eigenvalue weighted by Crippen LogP contribution is 2.13. The molecule has 0 aliphatic rings. The number of hydrogen-bond acceptors (Lipinski definition) is 5. The van der Waals surface area contributed by atoms with Crippen LogP contribution in [0.4, 0.5) is 5.69 Å². The molecule has 2 rings (SSSR count). The molecule has 0 aliphatic carbocycles. The van der Waals surface area contributed by atoms with Gasteiger partial charge in [-0.2, -0.15) is 0 Å². The zero-order valence-corrected chi connectivity index (χ0v) is 13.0. The van der Waals surface area contributed by atoms with Gasteiger partial charge in [0.15, 0.2) is 0 Å². The summed E-state index contributed by atoms with van der Waals surface area (Å²) in [6.45, 7) is 1.54. The van der Waals surface area contributed by atoms with E-state index in [1.54, 1.807) is 30.3 Å². The van der Waals surface area contributed by atoms with Crippen LogP contribution in [0, 0.1) is 17.0 Å². The van der Waals surface area contributed by atoms with E-state index in [-0.39, 0.29) is 24.7 Å². The fourth-order valence-electron chi connectivity index (χ4n) is 1.93. The van der Waals surface area contributed by atoms with Gasteiger partial charge in [0.1, 0.15) is 13.2 Å². The molecule has 0 unspecified atom stereocenters. The fraction of sp³-hybridized carbons (Fsp3) is 0.176. The van der Waals surface area contributed by atoms with Gasteiger partial charge >= 0.3 is 5.97 Å². The van der Waals surface area contributed by atoms with E-state index in [4.69, 9.17) is 4.74 Å². The van der Waals surface area contributed by atoms with Crippen LogP contribution in [-0.2, 0) is 16.1 Å². The number of nitro benzene ring substituents is 1. The number of rotatable bonds is 6. The minimum absolute atomic E-state index is 0.0729. The topological polar surface area (TPSA) is 98.5 Å². The van der Waals surface area contributed by atoms with E-state index in [0.29, 0.717) is 11.1 Å². The van der Waals surface area contributed by atoms with Crippen molar-refractivity contribution >= 4 is 17.6 Å². The minimum atomic E-state index is -0.623. The summed E-state index contributed by atoms with van der Waals surface area (Å²) in [5.74, 6) is -0.996. The fourth-order valence-corrected chi connectivity index (χ4v) is 1.93. The van der Waals surface area contributed by atoms with E-state index in [2.05, 4.69) is 5.32 Å². The first-order chi connectivity index (χ1) is 11.5. The maximum Gasteiger partial charge on any atom is 0.325 e. The van der Waals surface area contributed by atoms with Crippen molar-refractivity contribution in [3.05, 3.63) is 75.3 Å². The summed E-state index contributed by atoms with van der Waals surface area (Å²) in [6.07, 6.45) is 0. The minimum Gasteiger partial charge on any atom is -0.459 e. The lowest BCUT2D eigenvalue weighted by atomic mass is 10.1. The molecule has 0 heterocycles. The van der Waals surface area contributed by atoms with Crippen LogP contribution in [0.25, 0.3) is 0 Å². The smallest absolute Gasteiger partial charge is 0.325 e. The maximum absolute atomic E-state index is 11.9. The molecule has 0 fully saturated rings. The number of esters is 1. The predicted octanol–water partition coefficient (Wildman–Crippen LogP) is 2.38. The molecule has 1 N–H and O–H groups in total. The van der Waals surface area contributed by atoms with Crippen molar-refractivity contribution < 1.29 is 19.2 Å². The van der Waals surface area contributed by atoms with E-state index in [1.807, 2.05) is 6.92 Å². The Kier molecular flexibility index (Phi) is 5.62. The number of nitro groups is 1. The molecule has 0 saturated heterocycles. The number of benzene rings is 2. The third-order valence-corrected chi connectivity index (χ3v) is 3.23. The van der Waals surface area contributed by atoms with Crippen LogP contribution < -0.4 is 5.32 Å². The van der Waals surface area contributed by atoms with Crippen LogP contribution in [0.1, 0.15) is 21.5 Å². The van der Waals surface area contributed by atoms with Gasteiger partial charge in [-0.05, 0) is 24.6 Å². The van der Waals surface area contributed by atoms with Crippen molar-refractivity contribution in [1.82, 2.24) is 5.32 Å². The van der Waals surface area contributed by atoms with Crippen molar-refractivity contribution in [3.63, 3.8) is 0 Å². The van der Waals surface area contributed by atoms with Gasteiger partial charge < -0.3 is 10.1 Å². The molecule has 1 amide bonds. The van der Waals surface area contributed by atoms with E-state index in [1.165, 1.54) is 18.2 Å². The molecule has 0 radical (unpaired) electrons. The van der Waals surface area contributed by atoms with Crippen LogP contribution in [0.5, 0.6) is 0 Å². The van der Waals surface area contributed by atoms with Crippen LogP contribution in [0.2, 0.25) is 0 Å². The lowest BCUT2D eigenvalue weighted by Gasteiger charge is -2.07. The molecule has 2 aromatic carbocycles. The van der Waals surface area contributed by atoms with Crippen molar-refractivity contribution in [3.8, 4) is 0 Å². The maximum atomic E-state index is 11.9. The van der Waals surface area contributed by atoms with E-state index < -0.39 is 10.9 Å². The Morgan fingerprint density at radius 2 is 1.88 bits per heavy atom. The number of aryl methyl sites for hydroxylation is 1. The third kappa shape index (κ3) is 4.91. The highest BCUT2D eigenvalue weighted by molar-refractivity contribution is 5.95. The van der Waals surface area contributed by atoms with Crippen LogP contribution in [0.3, 0.4) is 0 Å². The Hall–Kier alpha value is -3.22. The second kappa shape index (κ2) is 7.87. The Bertz CT molecular complexity index is 756. The van der Waals surface area contributed by atoms with Gasteiger partial charge in [-0.1, -0.05) is 29.8 Å². The highest BCUT2D eigenvalue weighted by Gasteiger charge is 2.10. The Morgan fingerprint density at radius 1 is 1.17 bits per heavy atom. The van der Waals surface area contributed by atoms with Crippen molar-refractivity contribution in [2.75, 3.05) is 6.54 Å². The molecular formula is C17H16N2O5. The Labute approximate surface area is 138 Å². The van der Waals surface area contributed by atoms with Crippen LogP contribution in [0.15, 0.2) is 48.5 Å². The lowest BCUT2D eigenvalue weighted by molar-refractivity contribution is -0.384. The zero-order valence-electron chi connectivity index (χ0n) is 13.0. The molecule has 24 heavy (non-hydrogen) atoms. The van der Waals surface area contributed by atoms with E-state index in [0.717, 1.165) is 5.56 Å². The normalized spacial score (nSPS) is 10.0. The second-order valence-corrected chi connectivity index (χ2v) is 5.14. The number of carbonyl (C=O) groups excluding carboxylic acids is 2. The average Bonchev–Trinajstić information content (AvgIpc) is 2.58. The van der Waals surface area contributed by atoms with Gasteiger partial charge in [0.2, 0.25) is 0 Å². The summed E-state index contributed by atoms with van der Waals surface area (Å²) in [7, 11) is 0. The van der Waals surface area contributed by atoms with E-state index in [9.17, 15) is 19.7 Å². The molecule has 2 aromatic rings. The molecule has 0 aromatic heterocycles. The first kappa shape index (κ1) is 17.1. The number of nitrogens with one attached hydrogen (secondary N) is 1. The van der Waals surface area contributed by atoms with Gasteiger partial charge in [-0.15, -0.1) is 0 Å². The van der Waals surface area contributed by atoms with Gasteiger partial charge in [0.25, 0.3) is 11.6 Å². The first-order valence-corrected chi connectivity index (χ1v) is 7.19. The summed E-state index contributed by atoms with van der Waals surface area (Å²) in [5.41, 5.74) is 1.91. The molecule has 0 aliphatic heterocycles. The number of carbonyl (C=O) groups is 2. The molecule has 0 saturated carbocycles. The average molecular weight is 328 g/mol. The summed E-state index contributed by atoms with van der Waals surface area (Å²) < 4.78 is 4.99. The van der Waals surface area contributed by atoms with Crippen molar-refractivity contribution in [1.29, 1.82) is 0 Å². The van der Waals surface area contributed by atoms with E-state index >= 15 is 0 Å².